The minimum absolute atomic E-state index is 0.0781. The van der Waals surface area contributed by atoms with Gasteiger partial charge in [0.2, 0.25) is 0 Å². The SMILES string of the molecule is C[C@@H]1Cn2c(-c3ccc4oc(N)nc4c3)nc3cc(Br)cc(c32)O1. The Kier molecular flexibility index (Phi) is 2.73. The van der Waals surface area contributed by atoms with E-state index in [2.05, 4.69) is 32.4 Å². The highest BCUT2D eigenvalue weighted by atomic mass is 79.9. The van der Waals surface area contributed by atoms with Crippen molar-refractivity contribution in [1.29, 1.82) is 0 Å². The van der Waals surface area contributed by atoms with E-state index in [1.165, 1.54) is 0 Å². The molecule has 0 spiro atoms. The molecule has 6 nitrogen and oxygen atoms in total. The zero-order chi connectivity index (χ0) is 16.4. The Labute approximate surface area is 145 Å². The Morgan fingerprint density at radius 2 is 2.08 bits per heavy atom. The molecule has 0 radical (unpaired) electrons. The third-order valence-electron chi connectivity index (χ3n) is 4.20. The molecule has 0 saturated heterocycles. The number of hydrogen-bond acceptors (Lipinski definition) is 5. The molecule has 2 aromatic heterocycles. The second-order valence-corrected chi connectivity index (χ2v) is 6.90. The van der Waals surface area contributed by atoms with Gasteiger partial charge in [0.15, 0.2) is 5.58 Å². The highest BCUT2D eigenvalue weighted by Gasteiger charge is 2.24. The number of rotatable bonds is 1. The lowest BCUT2D eigenvalue weighted by atomic mass is 10.2. The zero-order valence-corrected chi connectivity index (χ0v) is 14.4. The van der Waals surface area contributed by atoms with Gasteiger partial charge in [0, 0.05) is 10.0 Å². The third-order valence-corrected chi connectivity index (χ3v) is 4.66. The molecule has 1 atom stereocenters. The van der Waals surface area contributed by atoms with Crippen LogP contribution in [0, 0.1) is 0 Å². The van der Waals surface area contributed by atoms with E-state index in [-0.39, 0.29) is 12.1 Å². The van der Waals surface area contributed by atoms with E-state index in [0.717, 1.165) is 44.7 Å². The monoisotopic (exact) mass is 384 g/mol. The predicted octanol–water partition coefficient (Wildman–Crippen LogP) is 3.97. The molecule has 24 heavy (non-hydrogen) atoms. The topological polar surface area (TPSA) is 79.1 Å². The van der Waals surface area contributed by atoms with Crippen LogP contribution in [0.3, 0.4) is 0 Å². The van der Waals surface area contributed by atoms with Gasteiger partial charge >= 0.3 is 0 Å². The Morgan fingerprint density at radius 3 is 2.96 bits per heavy atom. The van der Waals surface area contributed by atoms with Crippen molar-refractivity contribution >= 4 is 44.1 Å². The first-order valence-corrected chi connectivity index (χ1v) is 8.40. The van der Waals surface area contributed by atoms with Crippen molar-refractivity contribution in [2.24, 2.45) is 0 Å². The molecule has 0 fully saturated rings. The normalized spacial score (nSPS) is 16.7. The molecule has 4 aromatic rings. The van der Waals surface area contributed by atoms with E-state index in [0.29, 0.717) is 5.58 Å². The van der Waals surface area contributed by atoms with Crippen LogP contribution in [0.2, 0.25) is 0 Å². The van der Waals surface area contributed by atoms with Crippen molar-refractivity contribution in [3.8, 4) is 17.1 Å². The van der Waals surface area contributed by atoms with Crippen molar-refractivity contribution in [1.82, 2.24) is 14.5 Å². The smallest absolute Gasteiger partial charge is 0.292 e. The minimum Gasteiger partial charge on any atom is -0.487 e. The molecule has 0 amide bonds. The fourth-order valence-corrected chi connectivity index (χ4v) is 3.71. The molecule has 0 unspecified atom stereocenters. The van der Waals surface area contributed by atoms with E-state index in [9.17, 15) is 0 Å². The van der Waals surface area contributed by atoms with Gasteiger partial charge in [-0.05, 0) is 37.3 Å². The lowest BCUT2D eigenvalue weighted by molar-refractivity contribution is 0.190. The zero-order valence-electron chi connectivity index (χ0n) is 12.8. The van der Waals surface area contributed by atoms with Crippen molar-refractivity contribution in [2.75, 3.05) is 5.73 Å². The Hall–Kier alpha value is -2.54. The van der Waals surface area contributed by atoms with Gasteiger partial charge in [0.1, 0.15) is 28.7 Å². The molecule has 3 heterocycles. The summed E-state index contributed by atoms with van der Waals surface area (Å²) in [6, 6.07) is 9.97. The van der Waals surface area contributed by atoms with E-state index in [1.807, 2.05) is 30.3 Å². The van der Waals surface area contributed by atoms with Crippen LogP contribution in [0.25, 0.3) is 33.5 Å². The van der Waals surface area contributed by atoms with Crippen LogP contribution in [0.1, 0.15) is 6.92 Å². The molecule has 5 rings (SSSR count). The highest BCUT2D eigenvalue weighted by Crippen LogP contribution is 2.38. The van der Waals surface area contributed by atoms with Crippen LogP contribution < -0.4 is 10.5 Å². The summed E-state index contributed by atoms with van der Waals surface area (Å²) in [5.74, 6) is 1.74. The third kappa shape index (κ3) is 1.94. The summed E-state index contributed by atoms with van der Waals surface area (Å²) in [5, 5.41) is 0. The Bertz CT molecular complexity index is 1110. The van der Waals surface area contributed by atoms with Gasteiger partial charge < -0.3 is 19.5 Å². The van der Waals surface area contributed by atoms with E-state index < -0.39 is 0 Å². The number of nitrogens with zero attached hydrogens (tertiary/aromatic N) is 3. The highest BCUT2D eigenvalue weighted by molar-refractivity contribution is 9.10. The number of halogens is 1. The molecule has 0 saturated carbocycles. The number of ether oxygens (including phenoxy) is 1. The van der Waals surface area contributed by atoms with E-state index in [4.69, 9.17) is 19.9 Å². The first-order chi connectivity index (χ1) is 11.6. The molecule has 120 valence electrons. The Morgan fingerprint density at radius 1 is 1.21 bits per heavy atom. The second kappa shape index (κ2) is 4.73. The molecule has 2 aromatic carbocycles. The fourth-order valence-electron chi connectivity index (χ4n) is 3.28. The van der Waals surface area contributed by atoms with Crippen LogP contribution in [0.5, 0.6) is 5.75 Å². The van der Waals surface area contributed by atoms with Gasteiger partial charge in [0.25, 0.3) is 6.01 Å². The molecule has 1 aliphatic heterocycles. The summed E-state index contributed by atoms with van der Waals surface area (Å²) < 4.78 is 14.5. The van der Waals surface area contributed by atoms with Gasteiger partial charge in [-0.25, -0.2) is 4.98 Å². The lowest BCUT2D eigenvalue weighted by Gasteiger charge is -2.24. The van der Waals surface area contributed by atoms with E-state index in [1.54, 1.807) is 0 Å². The van der Waals surface area contributed by atoms with Gasteiger partial charge in [-0.3, -0.25) is 0 Å². The molecule has 0 aliphatic carbocycles. The number of fused-ring (bicyclic) bond motifs is 1. The number of anilines is 1. The molecule has 7 heteroatoms. The maximum Gasteiger partial charge on any atom is 0.292 e. The van der Waals surface area contributed by atoms with Crippen molar-refractivity contribution in [3.63, 3.8) is 0 Å². The summed E-state index contributed by atoms with van der Waals surface area (Å²) in [7, 11) is 0. The van der Waals surface area contributed by atoms with Gasteiger partial charge in [-0.15, -0.1) is 0 Å². The lowest BCUT2D eigenvalue weighted by Crippen LogP contribution is -2.24. The quantitative estimate of drug-likeness (QED) is 0.536. The molecule has 2 N–H and O–H groups in total. The summed E-state index contributed by atoms with van der Waals surface area (Å²) >= 11 is 3.53. The average Bonchev–Trinajstić information content (AvgIpc) is 3.06. The molecule has 0 bridgehead atoms. The minimum atomic E-state index is 0.0781. The standard InChI is InChI=1S/C17H13BrN4O2/c1-8-7-22-15-12(5-10(18)6-14(15)23-8)20-16(22)9-2-3-13-11(4-9)21-17(19)24-13/h2-6,8H,7H2,1H3,(H2,19,21)/t8-/m1/s1. The van der Waals surface area contributed by atoms with Crippen LogP contribution in [0.15, 0.2) is 39.2 Å². The van der Waals surface area contributed by atoms with Crippen molar-refractivity contribution < 1.29 is 9.15 Å². The van der Waals surface area contributed by atoms with E-state index >= 15 is 0 Å². The summed E-state index contributed by atoms with van der Waals surface area (Å²) in [6.45, 7) is 2.81. The van der Waals surface area contributed by atoms with Gasteiger partial charge in [0.05, 0.1) is 12.1 Å². The largest absolute Gasteiger partial charge is 0.487 e. The maximum atomic E-state index is 5.97. The molecular weight excluding hydrogens is 372 g/mol. The second-order valence-electron chi connectivity index (χ2n) is 5.98. The first kappa shape index (κ1) is 13.9. The van der Waals surface area contributed by atoms with Crippen LogP contribution in [-0.4, -0.2) is 20.6 Å². The van der Waals surface area contributed by atoms with Crippen LogP contribution in [-0.2, 0) is 6.54 Å². The number of oxazole rings is 1. The van der Waals surface area contributed by atoms with Crippen molar-refractivity contribution in [2.45, 2.75) is 19.6 Å². The summed E-state index contributed by atoms with van der Waals surface area (Å²) in [5.41, 5.74) is 9.94. The van der Waals surface area contributed by atoms with Crippen LogP contribution >= 0.6 is 15.9 Å². The molecule has 1 aliphatic rings. The van der Waals surface area contributed by atoms with Crippen LogP contribution in [0.4, 0.5) is 6.01 Å². The number of benzene rings is 2. The Balaban J connectivity index is 1.79. The summed E-state index contributed by atoms with van der Waals surface area (Å²) in [6.07, 6.45) is 0.0781. The number of hydrogen-bond donors (Lipinski definition) is 1. The van der Waals surface area contributed by atoms with Gasteiger partial charge in [-0.1, -0.05) is 15.9 Å². The number of nitrogen functional groups attached to an aromatic ring is 1. The summed E-state index contributed by atoms with van der Waals surface area (Å²) in [4.78, 5) is 9.04. The van der Waals surface area contributed by atoms with Gasteiger partial charge in [-0.2, -0.15) is 4.98 Å². The maximum absolute atomic E-state index is 5.97. The predicted molar refractivity (Wildman–Crippen MR) is 94.9 cm³/mol. The number of aromatic nitrogens is 3. The first-order valence-electron chi connectivity index (χ1n) is 7.61. The molecular formula is C17H13BrN4O2. The van der Waals surface area contributed by atoms with Crippen molar-refractivity contribution in [3.05, 3.63) is 34.8 Å². The number of nitrogens with two attached hydrogens (primary N) is 1. The number of imidazole rings is 1. The average molecular weight is 385 g/mol. The fraction of sp³-hybridized carbons (Fsp3) is 0.176.